The van der Waals surface area contributed by atoms with Crippen LogP contribution in [0.15, 0.2) is 66.5 Å². The van der Waals surface area contributed by atoms with Crippen LogP contribution >= 0.6 is 23.2 Å². The number of benzene rings is 2. The van der Waals surface area contributed by atoms with Crippen molar-refractivity contribution in [1.82, 2.24) is 15.6 Å². The fourth-order valence-corrected chi connectivity index (χ4v) is 3.54. The van der Waals surface area contributed by atoms with Gasteiger partial charge < -0.3 is 20.5 Å². The number of hydrogen-bond donors (Lipinski definition) is 3. The summed E-state index contributed by atoms with van der Waals surface area (Å²) in [7, 11) is 1.36. The van der Waals surface area contributed by atoms with Crippen molar-refractivity contribution in [2.45, 2.75) is 19.9 Å². The number of carbonyl (C=O) groups excluding carboxylic acids is 2. The number of pyridine rings is 1. The third kappa shape index (κ3) is 5.87. The number of allylic oxidation sites excluding steroid dienone is 1. The maximum absolute atomic E-state index is 12.9. The first kappa shape index (κ1) is 25.1. The standard InChI is InChI=1S/C25H23Cl2N3O4/c1-14(21(16-4-8-18(26)9-5-16)17-6-10-19(27)11-7-17)29-24(32)15(2)30-25(33)22-23(31)20(34-3)12-13-28-22/h4-13,15,31H,1-3H3,(H,29,32)(H,30,33)/t15-/m0/s1. The van der Waals surface area contributed by atoms with E-state index in [1.807, 2.05) is 24.3 Å². The van der Waals surface area contributed by atoms with Crippen LogP contribution in [-0.2, 0) is 4.79 Å². The summed E-state index contributed by atoms with van der Waals surface area (Å²) in [4.78, 5) is 29.3. The van der Waals surface area contributed by atoms with E-state index in [0.29, 0.717) is 15.7 Å². The molecule has 0 unspecified atom stereocenters. The van der Waals surface area contributed by atoms with Crippen LogP contribution in [0.25, 0.3) is 5.57 Å². The Morgan fingerprint density at radius 3 is 2.00 bits per heavy atom. The van der Waals surface area contributed by atoms with Crippen LogP contribution in [0, 0.1) is 0 Å². The molecule has 0 spiro atoms. The summed E-state index contributed by atoms with van der Waals surface area (Å²) in [5.41, 5.74) is 2.78. The van der Waals surface area contributed by atoms with Gasteiger partial charge in [-0.3, -0.25) is 9.59 Å². The number of amides is 2. The SMILES string of the molecule is COc1ccnc(C(=O)N[C@@H](C)C(=O)NC(C)=C(c2ccc(Cl)cc2)c2ccc(Cl)cc2)c1O. The summed E-state index contributed by atoms with van der Waals surface area (Å²) < 4.78 is 4.99. The molecule has 0 aliphatic rings. The molecule has 0 aliphatic heterocycles. The third-order valence-corrected chi connectivity index (χ3v) is 5.52. The van der Waals surface area contributed by atoms with E-state index in [-0.39, 0.29) is 11.4 Å². The molecule has 3 N–H and O–H groups in total. The molecule has 1 atom stereocenters. The zero-order chi connectivity index (χ0) is 24.8. The fraction of sp³-hybridized carbons (Fsp3) is 0.160. The van der Waals surface area contributed by atoms with E-state index in [9.17, 15) is 14.7 Å². The monoisotopic (exact) mass is 499 g/mol. The highest BCUT2D eigenvalue weighted by Gasteiger charge is 2.22. The van der Waals surface area contributed by atoms with Gasteiger partial charge in [0.25, 0.3) is 5.91 Å². The first-order valence-corrected chi connectivity index (χ1v) is 11.0. The molecule has 7 nitrogen and oxygen atoms in total. The molecule has 2 aromatic carbocycles. The Hall–Kier alpha value is -3.55. The van der Waals surface area contributed by atoms with Gasteiger partial charge in [-0.1, -0.05) is 47.5 Å². The maximum atomic E-state index is 12.9. The Balaban J connectivity index is 1.84. The van der Waals surface area contributed by atoms with Gasteiger partial charge in [-0.2, -0.15) is 0 Å². The predicted octanol–water partition coefficient (Wildman–Crippen LogP) is 4.82. The number of halogens is 2. The smallest absolute Gasteiger partial charge is 0.274 e. The lowest BCUT2D eigenvalue weighted by atomic mass is 9.96. The van der Waals surface area contributed by atoms with Crippen molar-refractivity contribution in [2.24, 2.45) is 0 Å². The summed E-state index contributed by atoms with van der Waals surface area (Å²) in [6, 6.07) is 15.0. The minimum Gasteiger partial charge on any atom is -0.503 e. The molecule has 2 amide bonds. The van der Waals surface area contributed by atoms with Crippen molar-refractivity contribution in [3.63, 3.8) is 0 Å². The van der Waals surface area contributed by atoms with Gasteiger partial charge in [0.1, 0.15) is 6.04 Å². The summed E-state index contributed by atoms with van der Waals surface area (Å²) >= 11 is 12.1. The average Bonchev–Trinajstić information content (AvgIpc) is 2.81. The number of nitrogens with one attached hydrogen (secondary N) is 2. The molecule has 0 bridgehead atoms. The highest BCUT2D eigenvalue weighted by Crippen LogP contribution is 2.29. The number of carbonyl (C=O) groups is 2. The number of hydrogen-bond acceptors (Lipinski definition) is 5. The van der Waals surface area contributed by atoms with Crippen molar-refractivity contribution in [2.75, 3.05) is 7.11 Å². The van der Waals surface area contributed by atoms with Crippen molar-refractivity contribution < 1.29 is 19.4 Å². The zero-order valence-electron chi connectivity index (χ0n) is 18.7. The minimum atomic E-state index is -0.925. The second-order valence-corrected chi connectivity index (χ2v) is 8.28. The van der Waals surface area contributed by atoms with Crippen LogP contribution in [0.3, 0.4) is 0 Å². The topological polar surface area (TPSA) is 101 Å². The van der Waals surface area contributed by atoms with E-state index in [4.69, 9.17) is 27.9 Å². The van der Waals surface area contributed by atoms with Crippen LogP contribution in [0.2, 0.25) is 10.0 Å². The molecule has 0 aliphatic carbocycles. The summed E-state index contributed by atoms with van der Waals surface area (Å²) in [5.74, 6) is -1.46. The van der Waals surface area contributed by atoms with Gasteiger partial charge in [-0.25, -0.2) is 4.98 Å². The molecule has 0 saturated heterocycles. The van der Waals surface area contributed by atoms with Crippen molar-refractivity contribution in [3.8, 4) is 11.5 Å². The van der Waals surface area contributed by atoms with Gasteiger partial charge >= 0.3 is 0 Å². The Labute approximate surface area is 207 Å². The first-order valence-electron chi connectivity index (χ1n) is 10.3. The molecule has 1 aromatic heterocycles. The molecular weight excluding hydrogens is 477 g/mol. The highest BCUT2D eigenvalue weighted by molar-refractivity contribution is 6.31. The first-order chi connectivity index (χ1) is 16.2. The Kier molecular flexibility index (Phi) is 8.15. The number of aromatic hydroxyl groups is 1. The number of ether oxygens (including phenoxy) is 1. The molecule has 1 heterocycles. The van der Waals surface area contributed by atoms with E-state index < -0.39 is 23.6 Å². The predicted molar refractivity (Wildman–Crippen MR) is 132 cm³/mol. The summed E-state index contributed by atoms with van der Waals surface area (Å²) in [6.45, 7) is 3.29. The van der Waals surface area contributed by atoms with Gasteiger partial charge in [-0.15, -0.1) is 0 Å². The van der Waals surface area contributed by atoms with E-state index in [0.717, 1.165) is 16.7 Å². The molecule has 3 rings (SSSR count). The Morgan fingerprint density at radius 1 is 0.971 bits per heavy atom. The van der Waals surface area contributed by atoms with E-state index in [1.165, 1.54) is 26.3 Å². The van der Waals surface area contributed by atoms with Gasteiger partial charge in [0.2, 0.25) is 5.91 Å². The number of aromatic nitrogens is 1. The second kappa shape index (κ2) is 11.0. The second-order valence-electron chi connectivity index (χ2n) is 7.41. The molecule has 0 saturated carbocycles. The number of nitrogens with zero attached hydrogens (tertiary/aromatic N) is 1. The largest absolute Gasteiger partial charge is 0.503 e. The summed E-state index contributed by atoms with van der Waals surface area (Å²) in [6.07, 6.45) is 1.33. The molecule has 9 heteroatoms. The molecule has 3 aromatic rings. The third-order valence-electron chi connectivity index (χ3n) is 5.01. The molecule has 34 heavy (non-hydrogen) atoms. The Bertz CT molecular complexity index is 1180. The average molecular weight is 500 g/mol. The quantitative estimate of drug-likeness (QED) is 0.432. The van der Waals surface area contributed by atoms with E-state index in [1.54, 1.807) is 31.2 Å². The maximum Gasteiger partial charge on any atom is 0.274 e. The van der Waals surface area contributed by atoms with E-state index >= 15 is 0 Å². The lowest BCUT2D eigenvalue weighted by Crippen LogP contribution is -2.44. The van der Waals surface area contributed by atoms with Crippen LogP contribution in [0.1, 0.15) is 35.5 Å². The van der Waals surface area contributed by atoms with Crippen molar-refractivity contribution >= 4 is 40.6 Å². The van der Waals surface area contributed by atoms with Gasteiger partial charge in [0.05, 0.1) is 7.11 Å². The van der Waals surface area contributed by atoms with Crippen LogP contribution in [-0.4, -0.2) is 35.1 Å². The summed E-state index contributed by atoms with van der Waals surface area (Å²) in [5, 5.41) is 16.7. The molecule has 0 fully saturated rings. The van der Waals surface area contributed by atoms with E-state index in [2.05, 4.69) is 15.6 Å². The van der Waals surface area contributed by atoms with Crippen molar-refractivity contribution in [1.29, 1.82) is 0 Å². The van der Waals surface area contributed by atoms with Gasteiger partial charge in [-0.05, 0) is 49.2 Å². The molecule has 0 radical (unpaired) electrons. The number of methoxy groups -OCH3 is 1. The van der Waals surface area contributed by atoms with Crippen LogP contribution < -0.4 is 15.4 Å². The minimum absolute atomic E-state index is 0.103. The van der Waals surface area contributed by atoms with Crippen LogP contribution in [0.5, 0.6) is 11.5 Å². The highest BCUT2D eigenvalue weighted by atomic mass is 35.5. The lowest BCUT2D eigenvalue weighted by molar-refractivity contribution is -0.121. The van der Waals surface area contributed by atoms with Gasteiger partial charge in [0, 0.05) is 33.6 Å². The lowest BCUT2D eigenvalue weighted by Gasteiger charge is -2.18. The zero-order valence-corrected chi connectivity index (χ0v) is 20.2. The molecule has 176 valence electrons. The molecular formula is C25H23Cl2N3O4. The van der Waals surface area contributed by atoms with Crippen LogP contribution in [0.4, 0.5) is 0 Å². The number of rotatable bonds is 7. The Morgan fingerprint density at radius 2 is 1.50 bits per heavy atom. The fourth-order valence-electron chi connectivity index (χ4n) is 3.29. The van der Waals surface area contributed by atoms with Gasteiger partial charge in [0.15, 0.2) is 17.2 Å². The normalized spacial score (nSPS) is 11.3. The van der Waals surface area contributed by atoms with Crippen molar-refractivity contribution in [3.05, 3.63) is 93.4 Å².